The maximum absolute atomic E-state index is 11.6. The molecule has 7 nitrogen and oxygen atoms in total. The first-order valence-electron chi connectivity index (χ1n) is 4.12. The van der Waals surface area contributed by atoms with E-state index in [0.717, 1.165) is 6.07 Å². The van der Waals surface area contributed by atoms with Gasteiger partial charge in [-0.2, -0.15) is 5.26 Å². The van der Waals surface area contributed by atoms with Crippen molar-refractivity contribution >= 4 is 17.6 Å². The molecule has 0 aliphatic heterocycles. The minimum Gasteiger partial charge on any atom is -0.398 e. The number of carbonyl (C=O) groups excluding carboxylic acids is 2. The van der Waals surface area contributed by atoms with Crippen molar-refractivity contribution in [3.8, 4) is 6.07 Å². The number of hydroxylamine groups is 1. The minimum atomic E-state index is -1.29. The molecule has 0 heterocycles. The summed E-state index contributed by atoms with van der Waals surface area (Å²) in [5.74, 6) is 3.02. The van der Waals surface area contributed by atoms with Crippen LogP contribution in [0.3, 0.4) is 0 Å². The third-order valence-corrected chi connectivity index (χ3v) is 1.66. The van der Waals surface area contributed by atoms with Crippen LogP contribution in [0.25, 0.3) is 0 Å². The van der Waals surface area contributed by atoms with Gasteiger partial charge in [-0.05, 0) is 12.1 Å². The number of rotatable bonds is 1. The van der Waals surface area contributed by atoms with Crippen molar-refractivity contribution in [1.82, 2.24) is 5.17 Å². The van der Waals surface area contributed by atoms with Crippen molar-refractivity contribution in [2.24, 2.45) is 5.84 Å². The van der Waals surface area contributed by atoms with Gasteiger partial charge in [-0.1, -0.05) is 17.3 Å². The third kappa shape index (κ3) is 2.46. The number of amides is 1. The van der Waals surface area contributed by atoms with E-state index in [2.05, 4.69) is 4.84 Å². The molecule has 16 heavy (non-hydrogen) atoms. The number of para-hydroxylation sites is 1. The average Bonchev–Trinajstić information content (AvgIpc) is 2.28. The molecular formula is C9H8N4O3. The summed E-state index contributed by atoms with van der Waals surface area (Å²) in [6.45, 7) is 0. The molecule has 7 heteroatoms. The van der Waals surface area contributed by atoms with Gasteiger partial charge in [0.1, 0.15) is 0 Å². The van der Waals surface area contributed by atoms with Crippen LogP contribution in [0, 0.1) is 11.3 Å². The maximum atomic E-state index is 11.6. The number of nitrogen functional groups attached to an aromatic ring is 1. The molecular weight excluding hydrogens is 212 g/mol. The molecule has 0 aromatic heterocycles. The number of benzene rings is 1. The van der Waals surface area contributed by atoms with E-state index in [4.69, 9.17) is 16.8 Å². The molecule has 0 saturated heterocycles. The molecule has 0 radical (unpaired) electrons. The lowest BCUT2D eigenvalue weighted by molar-refractivity contribution is -0.171. The Kier molecular flexibility index (Phi) is 3.42. The Morgan fingerprint density at radius 3 is 2.56 bits per heavy atom. The van der Waals surface area contributed by atoms with E-state index in [1.165, 1.54) is 12.1 Å². The van der Waals surface area contributed by atoms with E-state index in [-0.39, 0.29) is 16.4 Å². The number of carbonyl (C=O) groups is 2. The van der Waals surface area contributed by atoms with Gasteiger partial charge in [0.25, 0.3) is 0 Å². The highest BCUT2D eigenvalue weighted by Gasteiger charge is 2.18. The highest BCUT2D eigenvalue weighted by molar-refractivity contribution is 5.99. The number of anilines is 1. The number of hydrogen-bond donors (Lipinski definition) is 2. The number of hydrogen-bond acceptors (Lipinski definition) is 6. The predicted molar refractivity (Wildman–Crippen MR) is 52.9 cm³/mol. The normalized spacial score (nSPS) is 9.00. The van der Waals surface area contributed by atoms with E-state index in [0.29, 0.717) is 0 Å². The Morgan fingerprint density at radius 2 is 2.00 bits per heavy atom. The molecule has 0 spiro atoms. The van der Waals surface area contributed by atoms with E-state index in [9.17, 15) is 9.59 Å². The van der Waals surface area contributed by atoms with Crippen LogP contribution in [-0.4, -0.2) is 17.0 Å². The lowest BCUT2D eigenvalue weighted by Crippen LogP contribution is -2.39. The van der Waals surface area contributed by atoms with Crippen LogP contribution in [0.4, 0.5) is 5.69 Å². The summed E-state index contributed by atoms with van der Waals surface area (Å²) in [5, 5.41) is 8.31. The van der Waals surface area contributed by atoms with Crippen molar-refractivity contribution in [3.63, 3.8) is 0 Å². The molecule has 0 atom stereocenters. The average molecular weight is 220 g/mol. The molecule has 1 aromatic carbocycles. The highest BCUT2D eigenvalue weighted by atomic mass is 16.7. The molecule has 4 N–H and O–H groups in total. The Morgan fingerprint density at radius 1 is 1.38 bits per heavy atom. The van der Waals surface area contributed by atoms with Gasteiger partial charge in [-0.25, -0.2) is 10.6 Å². The van der Waals surface area contributed by atoms with Crippen molar-refractivity contribution in [2.45, 2.75) is 0 Å². The lowest BCUT2D eigenvalue weighted by atomic mass is 10.2. The molecule has 1 amide bonds. The van der Waals surface area contributed by atoms with Crippen molar-refractivity contribution < 1.29 is 14.4 Å². The van der Waals surface area contributed by atoms with E-state index < -0.39 is 11.9 Å². The van der Waals surface area contributed by atoms with Crippen molar-refractivity contribution in [2.75, 3.05) is 5.73 Å². The molecule has 0 unspecified atom stereocenters. The SMILES string of the molecule is N#CC(=O)ON(N)C(=O)c1ccccc1N. The fourth-order valence-electron chi connectivity index (χ4n) is 0.962. The van der Waals surface area contributed by atoms with Gasteiger partial charge in [0.05, 0.1) is 5.56 Å². The highest BCUT2D eigenvalue weighted by Crippen LogP contribution is 2.12. The topological polar surface area (TPSA) is 122 Å². The van der Waals surface area contributed by atoms with Gasteiger partial charge in [-0.3, -0.25) is 4.79 Å². The van der Waals surface area contributed by atoms with E-state index >= 15 is 0 Å². The van der Waals surface area contributed by atoms with Crippen LogP contribution < -0.4 is 11.6 Å². The number of nitriles is 1. The van der Waals surface area contributed by atoms with Crippen LogP contribution in [0.2, 0.25) is 0 Å². The van der Waals surface area contributed by atoms with Gasteiger partial charge < -0.3 is 10.6 Å². The third-order valence-electron chi connectivity index (χ3n) is 1.66. The minimum absolute atomic E-state index is 0.0794. The zero-order chi connectivity index (χ0) is 12.1. The second-order valence-corrected chi connectivity index (χ2v) is 2.71. The van der Waals surface area contributed by atoms with Crippen LogP contribution >= 0.6 is 0 Å². The van der Waals surface area contributed by atoms with Crippen LogP contribution in [0.15, 0.2) is 24.3 Å². The Hall–Kier alpha value is -2.59. The standard InChI is InChI=1S/C9H8N4O3/c10-5-8(14)16-13(12)9(15)6-3-1-2-4-7(6)11/h1-4H,11-12H2. The largest absolute Gasteiger partial charge is 0.436 e. The summed E-state index contributed by atoms with van der Waals surface area (Å²) in [5.41, 5.74) is 5.78. The molecule has 0 aliphatic carbocycles. The van der Waals surface area contributed by atoms with E-state index in [1.54, 1.807) is 12.1 Å². The fourth-order valence-corrected chi connectivity index (χ4v) is 0.962. The molecule has 0 fully saturated rings. The second-order valence-electron chi connectivity index (χ2n) is 2.71. The number of hydrazine groups is 1. The zero-order valence-corrected chi connectivity index (χ0v) is 8.08. The van der Waals surface area contributed by atoms with Gasteiger partial charge in [-0.15, -0.1) is 0 Å². The number of nitrogens with two attached hydrogens (primary N) is 2. The van der Waals surface area contributed by atoms with Crippen molar-refractivity contribution in [1.29, 1.82) is 5.26 Å². The summed E-state index contributed by atoms with van der Waals surface area (Å²) in [4.78, 5) is 26.3. The Labute approximate surface area is 90.7 Å². The Balaban J connectivity index is 2.84. The first kappa shape index (κ1) is 11.5. The summed E-state index contributed by atoms with van der Waals surface area (Å²) < 4.78 is 0. The molecule has 1 rings (SSSR count). The molecule has 82 valence electrons. The fraction of sp³-hybridized carbons (Fsp3) is 0. The summed E-state index contributed by atoms with van der Waals surface area (Å²) in [6.07, 6.45) is 0. The zero-order valence-electron chi connectivity index (χ0n) is 8.08. The summed E-state index contributed by atoms with van der Waals surface area (Å²) in [7, 11) is 0. The first-order chi connectivity index (χ1) is 7.56. The van der Waals surface area contributed by atoms with E-state index in [1.807, 2.05) is 0 Å². The monoisotopic (exact) mass is 220 g/mol. The quantitative estimate of drug-likeness (QED) is 0.217. The smallest absolute Gasteiger partial charge is 0.398 e. The van der Waals surface area contributed by atoms with Gasteiger partial charge in [0.2, 0.25) is 0 Å². The number of nitrogens with zero attached hydrogens (tertiary/aromatic N) is 2. The van der Waals surface area contributed by atoms with Gasteiger partial charge in [0, 0.05) is 5.69 Å². The summed E-state index contributed by atoms with van der Waals surface area (Å²) in [6, 6.07) is 7.26. The summed E-state index contributed by atoms with van der Waals surface area (Å²) >= 11 is 0. The maximum Gasteiger partial charge on any atom is 0.436 e. The van der Waals surface area contributed by atoms with Gasteiger partial charge >= 0.3 is 11.9 Å². The van der Waals surface area contributed by atoms with Crippen LogP contribution in [0.1, 0.15) is 10.4 Å². The Bertz CT molecular complexity index is 466. The predicted octanol–water partition coefficient (Wildman–Crippen LogP) is -0.434. The van der Waals surface area contributed by atoms with Crippen LogP contribution in [0.5, 0.6) is 0 Å². The lowest BCUT2D eigenvalue weighted by Gasteiger charge is -2.13. The van der Waals surface area contributed by atoms with Crippen molar-refractivity contribution in [3.05, 3.63) is 29.8 Å². The molecule has 0 bridgehead atoms. The molecule has 0 saturated carbocycles. The first-order valence-corrected chi connectivity index (χ1v) is 4.12. The molecule has 1 aromatic rings. The van der Waals surface area contributed by atoms with Gasteiger partial charge in [0.15, 0.2) is 6.07 Å². The molecule has 0 aliphatic rings. The second kappa shape index (κ2) is 4.77. The van der Waals surface area contributed by atoms with Crippen LogP contribution in [-0.2, 0) is 9.63 Å².